The van der Waals surface area contributed by atoms with Gasteiger partial charge in [0.15, 0.2) is 0 Å². The Bertz CT molecular complexity index is 1150. The summed E-state index contributed by atoms with van der Waals surface area (Å²) in [5.41, 5.74) is 1.23. The predicted molar refractivity (Wildman–Crippen MR) is 127 cm³/mol. The average Bonchev–Trinajstić information content (AvgIpc) is 2.85. The highest BCUT2D eigenvalue weighted by Gasteiger charge is 2.35. The van der Waals surface area contributed by atoms with Gasteiger partial charge in [0, 0.05) is 11.6 Å². The molecule has 8 heteroatoms. The fourth-order valence-electron chi connectivity index (χ4n) is 4.45. The lowest BCUT2D eigenvalue weighted by Crippen LogP contribution is -2.41. The Morgan fingerprint density at radius 1 is 1.09 bits per heavy atom. The molecule has 4 rings (SSSR count). The number of alkyl halides is 3. The van der Waals surface area contributed by atoms with Crippen LogP contribution in [0.25, 0.3) is 0 Å². The van der Waals surface area contributed by atoms with Gasteiger partial charge in [-0.1, -0.05) is 54.1 Å². The number of carboxylic acid groups (broad SMARTS) is 1. The minimum atomic E-state index is -4.52. The fourth-order valence-corrected chi connectivity index (χ4v) is 4.67. The number of carboxylic acids is 1. The van der Waals surface area contributed by atoms with Crippen molar-refractivity contribution in [3.8, 4) is 5.75 Å². The summed E-state index contributed by atoms with van der Waals surface area (Å²) >= 11 is 6.42. The SMILES string of the molecule is O=C(O)C1CCCN(C(c2ccc(OCc3ccccc3)cc2)c2cc(C(F)(F)F)ccc2Cl)C1. The molecule has 1 fully saturated rings. The van der Waals surface area contributed by atoms with Crippen molar-refractivity contribution in [3.63, 3.8) is 0 Å². The number of aliphatic carboxylic acids is 1. The van der Waals surface area contributed by atoms with Crippen LogP contribution >= 0.6 is 11.6 Å². The zero-order valence-electron chi connectivity index (χ0n) is 18.8. The van der Waals surface area contributed by atoms with Crippen molar-refractivity contribution in [2.24, 2.45) is 5.92 Å². The molecule has 0 bridgehead atoms. The summed E-state index contributed by atoms with van der Waals surface area (Å²) in [6, 6.07) is 19.5. The van der Waals surface area contributed by atoms with Crippen LogP contribution in [-0.4, -0.2) is 29.1 Å². The molecule has 1 N–H and O–H groups in total. The number of piperidine rings is 1. The summed E-state index contributed by atoms with van der Waals surface area (Å²) in [7, 11) is 0. The Hall–Kier alpha value is -3.03. The van der Waals surface area contributed by atoms with Gasteiger partial charge in [0.05, 0.1) is 17.5 Å². The van der Waals surface area contributed by atoms with Crippen LogP contribution in [0.3, 0.4) is 0 Å². The Labute approximate surface area is 206 Å². The minimum absolute atomic E-state index is 0.199. The smallest absolute Gasteiger partial charge is 0.416 e. The Balaban J connectivity index is 1.66. The van der Waals surface area contributed by atoms with Gasteiger partial charge in [-0.15, -0.1) is 0 Å². The molecule has 35 heavy (non-hydrogen) atoms. The van der Waals surface area contributed by atoms with Gasteiger partial charge < -0.3 is 9.84 Å². The monoisotopic (exact) mass is 503 g/mol. The van der Waals surface area contributed by atoms with E-state index in [4.69, 9.17) is 16.3 Å². The van der Waals surface area contributed by atoms with Crippen molar-refractivity contribution in [1.29, 1.82) is 0 Å². The molecule has 3 aromatic rings. The van der Waals surface area contributed by atoms with Crippen molar-refractivity contribution < 1.29 is 27.8 Å². The third-order valence-corrected chi connectivity index (χ3v) is 6.57. The standard InChI is InChI=1S/C27H25ClF3NO3/c28-24-13-10-21(27(29,30)31)15-23(24)25(32-14-4-7-20(16-32)26(33)34)19-8-11-22(12-9-19)35-17-18-5-2-1-3-6-18/h1-3,5-6,8-13,15,20,25H,4,7,14,16-17H2,(H,33,34). The van der Waals surface area contributed by atoms with Gasteiger partial charge in [-0.25, -0.2) is 0 Å². The van der Waals surface area contributed by atoms with Gasteiger partial charge in [-0.3, -0.25) is 9.69 Å². The molecule has 0 aromatic heterocycles. The molecule has 0 aliphatic carbocycles. The maximum Gasteiger partial charge on any atom is 0.416 e. The number of rotatable bonds is 7. The third kappa shape index (κ3) is 6.16. The fraction of sp³-hybridized carbons (Fsp3) is 0.296. The second-order valence-electron chi connectivity index (χ2n) is 8.65. The highest BCUT2D eigenvalue weighted by molar-refractivity contribution is 6.31. The van der Waals surface area contributed by atoms with E-state index in [1.807, 2.05) is 35.2 Å². The number of hydrogen-bond acceptors (Lipinski definition) is 3. The van der Waals surface area contributed by atoms with Gasteiger partial charge in [-0.05, 0) is 66.4 Å². The molecule has 2 unspecified atom stereocenters. The normalized spacial score (nSPS) is 17.7. The summed E-state index contributed by atoms with van der Waals surface area (Å²) in [5.74, 6) is -0.883. The largest absolute Gasteiger partial charge is 0.489 e. The molecule has 1 saturated heterocycles. The van der Waals surface area contributed by atoms with E-state index in [-0.39, 0.29) is 11.6 Å². The second-order valence-corrected chi connectivity index (χ2v) is 9.06. The highest BCUT2D eigenvalue weighted by Crippen LogP contribution is 2.40. The molecule has 4 nitrogen and oxygen atoms in total. The van der Waals surface area contributed by atoms with Gasteiger partial charge in [0.1, 0.15) is 12.4 Å². The van der Waals surface area contributed by atoms with Gasteiger partial charge >= 0.3 is 12.1 Å². The van der Waals surface area contributed by atoms with E-state index in [2.05, 4.69) is 0 Å². The van der Waals surface area contributed by atoms with Crippen LogP contribution in [0.5, 0.6) is 5.75 Å². The summed E-state index contributed by atoms with van der Waals surface area (Å²) in [6.07, 6.45) is -3.37. The van der Waals surface area contributed by atoms with Gasteiger partial charge in [0.2, 0.25) is 0 Å². The molecule has 1 heterocycles. The third-order valence-electron chi connectivity index (χ3n) is 6.23. The number of likely N-dealkylation sites (tertiary alicyclic amines) is 1. The molecular formula is C27H25ClF3NO3. The molecule has 0 amide bonds. The Morgan fingerprint density at radius 2 is 1.80 bits per heavy atom. The van der Waals surface area contributed by atoms with Crippen molar-refractivity contribution in [2.45, 2.75) is 31.7 Å². The Morgan fingerprint density at radius 3 is 2.46 bits per heavy atom. The number of benzene rings is 3. The molecular weight excluding hydrogens is 479 g/mol. The number of nitrogens with zero attached hydrogens (tertiary/aromatic N) is 1. The van der Waals surface area contributed by atoms with Crippen LogP contribution < -0.4 is 4.74 Å². The predicted octanol–water partition coefficient (Wildman–Crippen LogP) is 6.82. The van der Waals surface area contributed by atoms with Crippen molar-refractivity contribution in [3.05, 3.63) is 100 Å². The van der Waals surface area contributed by atoms with E-state index in [9.17, 15) is 23.1 Å². The maximum absolute atomic E-state index is 13.5. The van der Waals surface area contributed by atoms with Crippen LogP contribution in [0, 0.1) is 5.92 Å². The quantitative estimate of drug-likeness (QED) is 0.384. The summed E-state index contributed by atoms with van der Waals surface area (Å²) in [4.78, 5) is 13.6. The lowest BCUT2D eigenvalue weighted by Gasteiger charge is -2.38. The molecule has 0 radical (unpaired) electrons. The maximum atomic E-state index is 13.5. The lowest BCUT2D eigenvalue weighted by molar-refractivity contribution is -0.143. The first-order valence-corrected chi connectivity index (χ1v) is 11.7. The summed E-state index contributed by atoms with van der Waals surface area (Å²) in [5, 5.41) is 9.75. The van der Waals surface area contributed by atoms with E-state index >= 15 is 0 Å². The molecule has 184 valence electrons. The first-order chi connectivity index (χ1) is 16.7. The molecule has 0 saturated carbocycles. The van der Waals surface area contributed by atoms with E-state index in [0.717, 1.165) is 17.7 Å². The number of hydrogen-bond donors (Lipinski definition) is 1. The lowest BCUT2D eigenvalue weighted by atomic mass is 9.90. The molecule has 3 aromatic carbocycles. The van der Waals surface area contributed by atoms with E-state index in [1.54, 1.807) is 24.3 Å². The molecule has 1 aliphatic heterocycles. The van der Waals surface area contributed by atoms with Crippen molar-refractivity contribution >= 4 is 17.6 Å². The molecule has 0 spiro atoms. The van der Waals surface area contributed by atoms with Gasteiger partial charge in [0.25, 0.3) is 0 Å². The zero-order chi connectivity index (χ0) is 25.0. The van der Waals surface area contributed by atoms with Gasteiger partial charge in [-0.2, -0.15) is 13.2 Å². The number of halogens is 4. The number of carbonyl (C=O) groups is 1. The minimum Gasteiger partial charge on any atom is -0.489 e. The zero-order valence-corrected chi connectivity index (χ0v) is 19.6. The molecule has 2 atom stereocenters. The second kappa shape index (κ2) is 10.7. The van der Waals surface area contributed by atoms with Crippen LogP contribution in [0.15, 0.2) is 72.8 Å². The highest BCUT2D eigenvalue weighted by atomic mass is 35.5. The van der Waals surface area contributed by atoms with Crippen LogP contribution in [-0.2, 0) is 17.6 Å². The topological polar surface area (TPSA) is 49.8 Å². The average molecular weight is 504 g/mol. The summed E-state index contributed by atoms with van der Waals surface area (Å²) < 4.78 is 46.4. The number of ether oxygens (including phenoxy) is 1. The first kappa shape index (κ1) is 25.1. The van der Waals surface area contributed by atoms with Crippen molar-refractivity contribution in [2.75, 3.05) is 13.1 Å². The van der Waals surface area contributed by atoms with Crippen LogP contribution in [0.1, 0.15) is 41.1 Å². The Kier molecular flexibility index (Phi) is 7.67. The summed E-state index contributed by atoms with van der Waals surface area (Å²) in [6.45, 7) is 1.15. The van der Waals surface area contributed by atoms with E-state index in [0.29, 0.717) is 42.9 Å². The van der Waals surface area contributed by atoms with Crippen LogP contribution in [0.2, 0.25) is 5.02 Å². The van der Waals surface area contributed by atoms with Crippen LogP contribution in [0.4, 0.5) is 13.2 Å². The first-order valence-electron chi connectivity index (χ1n) is 11.3. The van der Waals surface area contributed by atoms with E-state index in [1.165, 1.54) is 6.07 Å². The van der Waals surface area contributed by atoms with E-state index < -0.39 is 29.7 Å². The molecule has 1 aliphatic rings. The van der Waals surface area contributed by atoms with Crippen molar-refractivity contribution in [1.82, 2.24) is 4.90 Å².